The smallest absolute Gasteiger partial charge is 0.747 e. The number of rotatable bonds is 5. The summed E-state index contributed by atoms with van der Waals surface area (Å²) in [6.07, 6.45) is -0.347. The fraction of sp³-hybridized carbons (Fsp3) is 0.133. The molecule has 0 aromatic heterocycles. The largest absolute Gasteiger partial charge is 1.00 e. The molecule has 0 bridgehead atoms. The average molecular weight is 312 g/mol. The Bertz CT molecular complexity index is 684. The molecule has 1 atom stereocenters. The summed E-state index contributed by atoms with van der Waals surface area (Å²) in [5, 5.41) is -1.35. The van der Waals surface area contributed by atoms with Crippen LogP contribution in [0.25, 0.3) is 0 Å². The van der Waals surface area contributed by atoms with E-state index in [1.165, 1.54) is 0 Å². The van der Waals surface area contributed by atoms with Crippen LogP contribution in [0.2, 0.25) is 0 Å². The Balaban J connectivity index is 0.00000220. The predicted molar refractivity (Wildman–Crippen MR) is 74.3 cm³/mol. The van der Waals surface area contributed by atoms with Crippen LogP contribution in [0, 0.1) is 0 Å². The number of benzene rings is 2. The zero-order chi connectivity index (χ0) is 14.6. The monoisotopic (exact) mass is 312 g/mol. The molecule has 2 aromatic carbocycles. The molecule has 4 nitrogen and oxygen atoms in total. The SMILES string of the molecule is O=C(CC(c1ccccc1)S(=O)(=O)[O-])c1ccccc1.[Na+]. The molecular weight excluding hydrogens is 299 g/mol. The van der Waals surface area contributed by atoms with E-state index in [0.717, 1.165) is 0 Å². The summed E-state index contributed by atoms with van der Waals surface area (Å²) >= 11 is 0. The first kappa shape index (κ1) is 18.1. The Morgan fingerprint density at radius 2 is 1.43 bits per heavy atom. The van der Waals surface area contributed by atoms with Crippen molar-refractivity contribution in [3.05, 3.63) is 71.8 Å². The van der Waals surface area contributed by atoms with Gasteiger partial charge >= 0.3 is 29.6 Å². The maximum atomic E-state index is 12.1. The van der Waals surface area contributed by atoms with Gasteiger partial charge in [0.15, 0.2) is 5.78 Å². The molecule has 0 saturated carbocycles. The molecule has 2 rings (SSSR count). The van der Waals surface area contributed by atoms with E-state index in [0.29, 0.717) is 11.1 Å². The van der Waals surface area contributed by atoms with Crippen molar-refractivity contribution in [3.63, 3.8) is 0 Å². The van der Waals surface area contributed by atoms with Crippen LogP contribution in [-0.2, 0) is 10.1 Å². The van der Waals surface area contributed by atoms with E-state index in [9.17, 15) is 17.8 Å². The fourth-order valence-corrected chi connectivity index (χ4v) is 2.81. The Morgan fingerprint density at radius 1 is 0.952 bits per heavy atom. The molecule has 6 heteroatoms. The molecule has 0 saturated heterocycles. The third-order valence-electron chi connectivity index (χ3n) is 2.99. The summed E-state index contributed by atoms with van der Waals surface area (Å²) in [5.74, 6) is -0.362. The molecular formula is C15H13NaO4S. The van der Waals surface area contributed by atoms with E-state index < -0.39 is 15.4 Å². The molecule has 0 aliphatic carbocycles. The minimum Gasteiger partial charge on any atom is -0.747 e. The molecule has 104 valence electrons. The minimum atomic E-state index is -4.59. The quantitative estimate of drug-likeness (QED) is 0.426. The summed E-state index contributed by atoms with van der Waals surface area (Å²) < 4.78 is 34.2. The van der Waals surface area contributed by atoms with Crippen molar-refractivity contribution in [3.8, 4) is 0 Å². The van der Waals surface area contributed by atoms with Gasteiger partial charge < -0.3 is 4.55 Å². The van der Waals surface area contributed by atoms with Crippen LogP contribution in [0.15, 0.2) is 60.7 Å². The molecule has 1 unspecified atom stereocenters. The second kappa shape index (κ2) is 7.87. The maximum Gasteiger partial charge on any atom is 1.00 e. The fourth-order valence-electron chi connectivity index (χ4n) is 1.96. The number of ketones is 1. The van der Waals surface area contributed by atoms with E-state index >= 15 is 0 Å². The van der Waals surface area contributed by atoms with E-state index in [4.69, 9.17) is 0 Å². The van der Waals surface area contributed by atoms with E-state index in [1.54, 1.807) is 60.7 Å². The zero-order valence-corrected chi connectivity index (χ0v) is 14.4. The van der Waals surface area contributed by atoms with Crippen LogP contribution in [0.1, 0.15) is 27.6 Å². The average Bonchev–Trinajstić information content (AvgIpc) is 2.45. The second-order valence-electron chi connectivity index (χ2n) is 4.39. The first-order valence-electron chi connectivity index (χ1n) is 6.06. The van der Waals surface area contributed by atoms with Gasteiger partial charge in [-0.2, -0.15) is 0 Å². The Labute approximate surface area is 146 Å². The molecule has 0 aliphatic heterocycles. The van der Waals surface area contributed by atoms with Gasteiger partial charge in [0.2, 0.25) is 0 Å². The molecule has 0 amide bonds. The van der Waals surface area contributed by atoms with Crippen LogP contribution in [-0.4, -0.2) is 18.8 Å². The summed E-state index contributed by atoms with van der Waals surface area (Å²) in [6.45, 7) is 0. The summed E-state index contributed by atoms with van der Waals surface area (Å²) in [5.41, 5.74) is 0.740. The number of Topliss-reactive ketones (excluding diaryl/α,β-unsaturated/α-hetero) is 1. The van der Waals surface area contributed by atoms with Crippen molar-refractivity contribution in [2.75, 3.05) is 0 Å². The van der Waals surface area contributed by atoms with Gasteiger partial charge in [0, 0.05) is 12.0 Å². The van der Waals surface area contributed by atoms with Crippen molar-refractivity contribution in [2.45, 2.75) is 11.7 Å². The third-order valence-corrected chi connectivity index (χ3v) is 4.12. The molecule has 0 spiro atoms. The molecule has 0 aliphatic rings. The van der Waals surface area contributed by atoms with Crippen LogP contribution in [0.3, 0.4) is 0 Å². The standard InChI is InChI=1S/C15H14O4S.Na/c16-14(12-7-3-1-4-8-12)11-15(20(17,18)19)13-9-5-2-6-10-13;/h1-10,15H,11H2,(H,17,18,19);/q;+1/p-1. The summed E-state index contributed by atoms with van der Waals surface area (Å²) in [4.78, 5) is 12.1. The number of hydrogen-bond donors (Lipinski definition) is 0. The van der Waals surface area contributed by atoms with Gasteiger partial charge in [-0.05, 0) is 5.56 Å². The third kappa shape index (κ3) is 5.05. The van der Waals surface area contributed by atoms with Crippen LogP contribution < -0.4 is 29.6 Å². The van der Waals surface area contributed by atoms with Gasteiger partial charge in [-0.25, -0.2) is 8.42 Å². The second-order valence-corrected chi connectivity index (χ2v) is 5.94. The first-order chi connectivity index (χ1) is 9.48. The molecule has 0 fully saturated rings. The van der Waals surface area contributed by atoms with Crippen LogP contribution in [0.4, 0.5) is 0 Å². The topological polar surface area (TPSA) is 74.3 Å². The summed E-state index contributed by atoms with van der Waals surface area (Å²) in [6, 6.07) is 16.4. The molecule has 2 aromatic rings. The van der Waals surface area contributed by atoms with Gasteiger partial charge in [0.25, 0.3) is 0 Å². The predicted octanol–water partition coefficient (Wildman–Crippen LogP) is -0.450. The zero-order valence-electron chi connectivity index (χ0n) is 11.6. The Hall–Kier alpha value is -0.980. The van der Waals surface area contributed by atoms with E-state index in [2.05, 4.69) is 0 Å². The Morgan fingerprint density at radius 3 is 1.90 bits per heavy atom. The normalized spacial score (nSPS) is 12.2. The number of carbonyl (C=O) groups excluding carboxylic acids is 1. The van der Waals surface area contributed by atoms with Crippen LogP contribution in [0.5, 0.6) is 0 Å². The minimum absolute atomic E-state index is 0. The van der Waals surface area contributed by atoms with E-state index in [-0.39, 0.29) is 41.8 Å². The number of carbonyl (C=O) groups is 1. The van der Waals surface area contributed by atoms with Crippen LogP contribution >= 0.6 is 0 Å². The maximum absolute atomic E-state index is 12.1. The van der Waals surface area contributed by atoms with E-state index in [1.807, 2.05) is 0 Å². The van der Waals surface area contributed by atoms with Crippen molar-refractivity contribution < 1.29 is 47.3 Å². The molecule has 21 heavy (non-hydrogen) atoms. The number of hydrogen-bond acceptors (Lipinski definition) is 4. The van der Waals surface area contributed by atoms with Gasteiger partial charge in [-0.15, -0.1) is 0 Å². The van der Waals surface area contributed by atoms with Crippen molar-refractivity contribution in [2.24, 2.45) is 0 Å². The van der Waals surface area contributed by atoms with Crippen molar-refractivity contribution in [1.82, 2.24) is 0 Å². The molecule has 0 N–H and O–H groups in total. The summed E-state index contributed by atoms with van der Waals surface area (Å²) in [7, 11) is -4.59. The van der Waals surface area contributed by atoms with Crippen molar-refractivity contribution >= 4 is 15.9 Å². The molecule has 0 radical (unpaired) electrons. The van der Waals surface area contributed by atoms with Gasteiger partial charge in [0.05, 0.1) is 5.25 Å². The van der Waals surface area contributed by atoms with Crippen molar-refractivity contribution in [1.29, 1.82) is 0 Å². The van der Waals surface area contributed by atoms with Gasteiger partial charge in [-0.1, -0.05) is 60.7 Å². The molecule has 0 heterocycles. The van der Waals surface area contributed by atoms with Gasteiger partial charge in [0.1, 0.15) is 10.1 Å². The first-order valence-corrected chi connectivity index (χ1v) is 7.53. The Kier molecular flexibility index (Phi) is 6.77. The van der Waals surface area contributed by atoms with Gasteiger partial charge in [-0.3, -0.25) is 4.79 Å².